The van der Waals surface area contributed by atoms with E-state index >= 15 is 0 Å². The molecule has 3 aromatic rings. The number of hydrogen-bond acceptors (Lipinski definition) is 7. The summed E-state index contributed by atoms with van der Waals surface area (Å²) in [5.41, 5.74) is 2.75. The summed E-state index contributed by atoms with van der Waals surface area (Å²) in [7, 11) is 0. The van der Waals surface area contributed by atoms with E-state index in [2.05, 4.69) is 38.1 Å². The topological polar surface area (TPSA) is 83.9 Å². The fourth-order valence-electron chi connectivity index (χ4n) is 2.34. The van der Waals surface area contributed by atoms with Gasteiger partial charge in [0.05, 0.1) is 6.20 Å². The summed E-state index contributed by atoms with van der Waals surface area (Å²) in [6, 6.07) is 3.20. The first kappa shape index (κ1) is 16.2. The maximum atomic E-state index is 12.2. The standard InChI is InChI=1S/C16H16N6OS2/c1-9-8-25-15(18-9)12-6-17-11-4-5-13(20-14(11)19-12)21-16(23)22(24)7-10-2-3-10/h4-6,8,10,24H,2-3,7H2,1H3,(H,19,20,21,23). The molecule has 9 heteroatoms. The van der Waals surface area contributed by atoms with E-state index in [-0.39, 0.29) is 6.03 Å². The fourth-order valence-corrected chi connectivity index (χ4v) is 3.38. The van der Waals surface area contributed by atoms with E-state index in [1.165, 1.54) is 15.6 Å². The smallest absolute Gasteiger partial charge is 0.291 e. The minimum Gasteiger partial charge on any atom is -0.291 e. The summed E-state index contributed by atoms with van der Waals surface area (Å²) in [5.74, 6) is 0.997. The number of thiazole rings is 1. The lowest BCUT2D eigenvalue weighted by atomic mass is 10.3. The Kier molecular flexibility index (Phi) is 4.26. The number of amides is 2. The maximum Gasteiger partial charge on any atom is 0.332 e. The van der Waals surface area contributed by atoms with Crippen molar-refractivity contribution in [1.82, 2.24) is 24.2 Å². The predicted molar refractivity (Wildman–Crippen MR) is 101 cm³/mol. The Bertz CT molecular complexity index is 939. The number of nitrogens with zero attached hydrogens (tertiary/aromatic N) is 5. The molecule has 0 spiro atoms. The normalized spacial score (nSPS) is 13.8. The number of urea groups is 1. The van der Waals surface area contributed by atoms with Crippen molar-refractivity contribution >= 4 is 47.2 Å². The lowest BCUT2D eigenvalue weighted by molar-refractivity contribution is 0.238. The summed E-state index contributed by atoms with van der Waals surface area (Å²) in [6.07, 6.45) is 4.01. The van der Waals surface area contributed by atoms with Gasteiger partial charge in [0.25, 0.3) is 0 Å². The molecule has 4 rings (SSSR count). The highest BCUT2D eigenvalue weighted by atomic mass is 32.1. The molecule has 2 amide bonds. The SMILES string of the molecule is Cc1csc(-c2cnc3ccc(NC(=O)N(S)CC4CC4)nc3n2)n1. The molecule has 0 bridgehead atoms. The van der Waals surface area contributed by atoms with Crippen LogP contribution in [0.15, 0.2) is 23.7 Å². The molecule has 0 radical (unpaired) electrons. The highest BCUT2D eigenvalue weighted by Crippen LogP contribution is 2.30. The number of nitrogens with one attached hydrogen (secondary N) is 1. The van der Waals surface area contributed by atoms with E-state index in [1.54, 1.807) is 18.3 Å². The molecule has 1 fully saturated rings. The average molecular weight is 372 g/mol. The second-order valence-electron chi connectivity index (χ2n) is 6.04. The number of thiol groups is 1. The van der Waals surface area contributed by atoms with Gasteiger partial charge in [-0.3, -0.25) is 14.6 Å². The molecule has 1 aliphatic rings. The molecule has 3 heterocycles. The van der Waals surface area contributed by atoms with Crippen LogP contribution < -0.4 is 5.32 Å². The van der Waals surface area contributed by atoms with Crippen molar-refractivity contribution < 1.29 is 4.79 Å². The number of aromatic nitrogens is 4. The van der Waals surface area contributed by atoms with Gasteiger partial charge in [-0.2, -0.15) is 0 Å². The van der Waals surface area contributed by atoms with Crippen LogP contribution in [-0.2, 0) is 0 Å². The van der Waals surface area contributed by atoms with E-state index in [1.807, 2.05) is 12.3 Å². The van der Waals surface area contributed by atoms with Gasteiger partial charge in [-0.05, 0) is 37.8 Å². The van der Waals surface area contributed by atoms with Crippen LogP contribution in [0.1, 0.15) is 18.5 Å². The lowest BCUT2D eigenvalue weighted by Gasteiger charge is -2.15. The number of pyridine rings is 1. The molecule has 1 N–H and O–H groups in total. The molecule has 0 aliphatic heterocycles. The van der Waals surface area contributed by atoms with Crippen LogP contribution in [0.4, 0.5) is 10.6 Å². The van der Waals surface area contributed by atoms with Gasteiger partial charge in [-0.1, -0.05) is 12.8 Å². The van der Waals surface area contributed by atoms with E-state index in [9.17, 15) is 4.79 Å². The van der Waals surface area contributed by atoms with E-state index in [0.29, 0.717) is 35.1 Å². The zero-order chi connectivity index (χ0) is 17.4. The highest BCUT2D eigenvalue weighted by Gasteiger charge is 2.25. The first-order valence-electron chi connectivity index (χ1n) is 7.92. The molecule has 0 aromatic carbocycles. The molecule has 25 heavy (non-hydrogen) atoms. The van der Waals surface area contributed by atoms with Crippen LogP contribution >= 0.6 is 24.2 Å². The van der Waals surface area contributed by atoms with E-state index < -0.39 is 0 Å². The number of anilines is 1. The van der Waals surface area contributed by atoms with Gasteiger partial charge in [0.15, 0.2) is 5.65 Å². The second-order valence-corrected chi connectivity index (χ2v) is 7.39. The molecule has 128 valence electrons. The highest BCUT2D eigenvalue weighted by molar-refractivity contribution is 7.78. The summed E-state index contributed by atoms with van der Waals surface area (Å²) in [5, 5.41) is 5.51. The second kappa shape index (κ2) is 6.57. The van der Waals surface area contributed by atoms with Crippen molar-refractivity contribution in [1.29, 1.82) is 0 Å². The maximum absolute atomic E-state index is 12.2. The van der Waals surface area contributed by atoms with E-state index in [0.717, 1.165) is 23.5 Å². The van der Waals surface area contributed by atoms with Gasteiger partial charge in [0.1, 0.15) is 22.0 Å². The molecule has 3 aromatic heterocycles. The number of fused-ring (bicyclic) bond motifs is 1. The molecule has 1 saturated carbocycles. The monoisotopic (exact) mass is 372 g/mol. The third kappa shape index (κ3) is 3.72. The van der Waals surface area contributed by atoms with Crippen molar-refractivity contribution in [2.24, 2.45) is 5.92 Å². The number of rotatable bonds is 4. The average Bonchev–Trinajstić information content (AvgIpc) is 3.31. The van der Waals surface area contributed by atoms with Gasteiger partial charge < -0.3 is 0 Å². The number of hydrogen-bond donors (Lipinski definition) is 2. The van der Waals surface area contributed by atoms with Crippen molar-refractivity contribution in [2.75, 3.05) is 11.9 Å². The zero-order valence-electron chi connectivity index (χ0n) is 13.5. The van der Waals surface area contributed by atoms with Gasteiger partial charge in [0.2, 0.25) is 0 Å². The summed E-state index contributed by atoms with van der Waals surface area (Å²) in [4.78, 5) is 29.9. The molecule has 7 nitrogen and oxygen atoms in total. The Labute approximate surface area is 154 Å². The van der Waals surface area contributed by atoms with Gasteiger partial charge >= 0.3 is 6.03 Å². The molecule has 0 saturated heterocycles. The van der Waals surface area contributed by atoms with Crippen LogP contribution in [0.3, 0.4) is 0 Å². The Morgan fingerprint density at radius 1 is 1.36 bits per heavy atom. The van der Waals surface area contributed by atoms with E-state index in [4.69, 9.17) is 0 Å². The predicted octanol–water partition coefficient (Wildman–Crippen LogP) is 3.55. The van der Waals surface area contributed by atoms with Crippen molar-refractivity contribution in [2.45, 2.75) is 19.8 Å². The quantitative estimate of drug-likeness (QED) is 0.684. The number of carbonyl (C=O) groups excluding carboxylic acids is 1. The Morgan fingerprint density at radius 3 is 2.92 bits per heavy atom. The van der Waals surface area contributed by atoms with Gasteiger partial charge in [-0.25, -0.2) is 19.7 Å². The molecule has 1 aliphatic carbocycles. The van der Waals surface area contributed by atoms with Crippen LogP contribution in [0.2, 0.25) is 0 Å². The number of aryl methyl sites for hydroxylation is 1. The zero-order valence-corrected chi connectivity index (χ0v) is 15.2. The largest absolute Gasteiger partial charge is 0.332 e. The van der Waals surface area contributed by atoms with Crippen molar-refractivity contribution in [3.05, 3.63) is 29.4 Å². The minimum atomic E-state index is -0.290. The third-order valence-electron chi connectivity index (χ3n) is 3.84. The first-order valence-corrected chi connectivity index (χ1v) is 9.20. The summed E-state index contributed by atoms with van der Waals surface area (Å²) in [6.45, 7) is 2.58. The molecule has 0 atom stereocenters. The Morgan fingerprint density at radius 2 is 2.20 bits per heavy atom. The van der Waals surface area contributed by atoms with Gasteiger partial charge in [-0.15, -0.1) is 11.3 Å². The van der Waals surface area contributed by atoms with Crippen molar-refractivity contribution in [3.63, 3.8) is 0 Å². The molecular formula is C16H16N6OS2. The molecule has 0 unspecified atom stereocenters. The van der Waals surface area contributed by atoms with Crippen LogP contribution in [-0.4, -0.2) is 36.8 Å². The lowest BCUT2D eigenvalue weighted by Crippen LogP contribution is -2.29. The third-order valence-corrected chi connectivity index (χ3v) is 5.17. The van der Waals surface area contributed by atoms with Crippen LogP contribution in [0, 0.1) is 12.8 Å². The molecular weight excluding hydrogens is 356 g/mol. The fraction of sp³-hybridized carbons (Fsp3) is 0.312. The van der Waals surface area contributed by atoms with Crippen molar-refractivity contribution in [3.8, 4) is 10.7 Å². The number of carbonyl (C=O) groups is 1. The summed E-state index contributed by atoms with van der Waals surface area (Å²) < 4.78 is 1.39. The Hall–Kier alpha value is -2.26. The van der Waals surface area contributed by atoms with Gasteiger partial charge in [0, 0.05) is 17.6 Å². The first-order chi connectivity index (χ1) is 12.1. The minimum absolute atomic E-state index is 0.290. The summed E-state index contributed by atoms with van der Waals surface area (Å²) >= 11 is 5.75. The van der Waals surface area contributed by atoms with Crippen LogP contribution in [0.25, 0.3) is 21.9 Å². The Balaban J connectivity index is 1.56. The van der Waals surface area contributed by atoms with Crippen LogP contribution in [0.5, 0.6) is 0 Å².